The minimum atomic E-state index is -3.53. The molecule has 0 spiro atoms. The fraction of sp³-hybridized carbons (Fsp3) is 0.435. The van der Waals surface area contributed by atoms with Crippen molar-refractivity contribution in [3.05, 3.63) is 54.1 Å². The molecular weight excluding hydrogens is 414 g/mol. The number of anilines is 1. The Balaban J connectivity index is 1.58. The number of hydrogen-bond acceptors (Lipinski definition) is 5. The van der Waals surface area contributed by atoms with Crippen LogP contribution in [-0.2, 0) is 21.2 Å². The van der Waals surface area contributed by atoms with Gasteiger partial charge in [-0.15, -0.1) is 0 Å². The molecule has 3 rings (SSSR count). The van der Waals surface area contributed by atoms with Crippen LogP contribution in [0.3, 0.4) is 0 Å². The van der Waals surface area contributed by atoms with Crippen molar-refractivity contribution < 1.29 is 17.9 Å². The highest BCUT2D eigenvalue weighted by Crippen LogP contribution is 2.21. The van der Waals surface area contributed by atoms with Gasteiger partial charge in [0.1, 0.15) is 5.75 Å². The first kappa shape index (κ1) is 23.2. The van der Waals surface area contributed by atoms with Crippen LogP contribution >= 0.6 is 0 Å². The van der Waals surface area contributed by atoms with E-state index in [-0.39, 0.29) is 11.9 Å². The Morgan fingerprint density at radius 2 is 1.77 bits per heavy atom. The van der Waals surface area contributed by atoms with E-state index in [1.165, 1.54) is 4.31 Å². The number of hydrogen-bond donors (Lipinski definition) is 1. The molecule has 1 amide bonds. The van der Waals surface area contributed by atoms with Crippen LogP contribution in [0.15, 0.2) is 53.4 Å². The summed E-state index contributed by atoms with van der Waals surface area (Å²) in [5.41, 5.74) is 1.81. The van der Waals surface area contributed by atoms with Gasteiger partial charge in [0.15, 0.2) is 0 Å². The molecule has 2 aromatic carbocycles. The highest BCUT2D eigenvalue weighted by Gasteiger charge is 2.31. The van der Waals surface area contributed by atoms with E-state index in [1.54, 1.807) is 25.3 Å². The molecule has 2 aromatic rings. The number of benzene rings is 2. The zero-order valence-electron chi connectivity index (χ0n) is 18.4. The van der Waals surface area contributed by atoms with E-state index in [1.807, 2.05) is 42.2 Å². The van der Waals surface area contributed by atoms with Gasteiger partial charge in [-0.1, -0.05) is 31.5 Å². The minimum Gasteiger partial charge on any atom is -0.497 e. The van der Waals surface area contributed by atoms with Crippen molar-refractivity contribution >= 4 is 21.6 Å². The van der Waals surface area contributed by atoms with Crippen LogP contribution in [0.4, 0.5) is 5.69 Å². The van der Waals surface area contributed by atoms with E-state index in [0.717, 1.165) is 18.4 Å². The van der Waals surface area contributed by atoms with Crippen molar-refractivity contribution in [2.45, 2.75) is 37.6 Å². The van der Waals surface area contributed by atoms with Crippen molar-refractivity contribution in [1.82, 2.24) is 9.21 Å². The van der Waals surface area contributed by atoms with Gasteiger partial charge in [0.2, 0.25) is 15.9 Å². The Kier molecular flexibility index (Phi) is 7.69. The Bertz CT molecular complexity index is 984. The van der Waals surface area contributed by atoms with Crippen molar-refractivity contribution in [2.75, 3.05) is 38.6 Å². The fourth-order valence-electron chi connectivity index (χ4n) is 3.71. The molecule has 1 N–H and O–H groups in total. The summed E-state index contributed by atoms with van der Waals surface area (Å²) in [4.78, 5) is 15.0. The number of carbonyl (C=O) groups excluding carboxylic acids is 1. The molecule has 1 saturated heterocycles. The molecule has 1 fully saturated rings. The molecule has 1 aliphatic rings. The lowest BCUT2D eigenvalue weighted by Gasteiger charge is -2.36. The average molecular weight is 446 g/mol. The zero-order chi connectivity index (χ0) is 22.4. The maximum Gasteiger partial charge on any atom is 0.243 e. The third-order valence-electron chi connectivity index (χ3n) is 5.64. The second kappa shape index (κ2) is 10.3. The summed E-state index contributed by atoms with van der Waals surface area (Å²) < 4.78 is 32.7. The maximum absolute atomic E-state index is 13.0. The summed E-state index contributed by atoms with van der Waals surface area (Å²) >= 11 is 0. The fourth-order valence-corrected chi connectivity index (χ4v) is 5.13. The quantitative estimate of drug-likeness (QED) is 0.676. The lowest BCUT2D eigenvalue weighted by molar-refractivity contribution is -0.121. The second-order valence-electron chi connectivity index (χ2n) is 7.73. The van der Waals surface area contributed by atoms with Crippen molar-refractivity contribution in [3.8, 4) is 5.75 Å². The summed E-state index contributed by atoms with van der Waals surface area (Å²) in [7, 11) is -1.95. The van der Waals surface area contributed by atoms with Crippen molar-refractivity contribution in [2.24, 2.45) is 0 Å². The molecule has 0 aromatic heterocycles. The Labute approximate surface area is 185 Å². The van der Waals surface area contributed by atoms with Gasteiger partial charge in [-0.3, -0.25) is 9.69 Å². The predicted molar refractivity (Wildman–Crippen MR) is 122 cm³/mol. The second-order valence-corrected chi connectivity index (χ2v) is 9.67. The number of methoxy groups -OCH3 is 1. The number of nitrogens with zero attached hydrogens (tertiary/aromatic N) is 2. The molecule has 31 heavy (non-hydrogen) atoms. The van der Waals surface area contributed by atoms with Gasteiger partial charge in [-0.05, 0) is 43.2 Å². The Morgan fingerprint density at radius 1 is 1.10 bits per heavy atom. The van der Waals surface area contributed by atoms with E-state index >= 15 is 0 Å². The summed E-state index contributed by atoms with van der Waals surface area (Å²) in [6.07, 6.45) is 1.96. The first-order valence-electron chi connectivity index (χ1n) is 10.6. The van der Waals surface area contributed by atoms with Gasteiger partial charge in [-0.25, -0.2) is 8.42 Å². The smallest absolute Gasteiger partial charge is 0.243 e. The highest BCUT2D eigenvalue weighted by atomic mass is 32.2. The first-order valence-corrected chi connectivity index (χ1v) is 12.1. The molecule has 1 heterocycles. The predicted octanol–water partition coefficient (Wildman–Crippen LogP) is 2.98. The van der Waals surface area contributed by atoms with Gasteiger partial charge >= 0.3 is 0 Å². The molecule has 1 aliphatic heterocycles. The summed E-state index contributed by atoms with van der Waals surface area (Å²) in [6.45, 7) is 5.65. The van der Waals surface area contributed by atoms with Crippen LogP contribution in [0.2, 0.25) is 0 Å². The van der Waals surface area contributed by atoms with Crippen LogP contribution in [0, 0.1) is 0 Å². The molecule has 0 radical (unpaired) electrons. The normalized spacial score (nSPS) is 16.6. The average Bonchev–Trinajstić information content (AvgIpc) is 2.79. The van der Waals surface area contributed by atoms with E-state index < -0.39 is 10.0 Å². The molecule has 0 bridgehead atoms. The van der Waals surface area contributed by atoms with Crippen LogP contribution in [0.25, 0.3) is 0 Å². The van der Waals surface area contributed by atoms with Crippen LogP contribution < -0.4 is 10.1 Å². The van der Waals surface area contributed by atoms with E-state index in [2.05, 4.69) is 12.2 Å². The number of nitrogens with one attached hydrogen (secondary N) is 1. The molecule has 168 valence electrons. The van der Waals surface area contributed by atoms with E-state index in [9.17, 15) is 13.2 Å². The number of ether oxygens (including phenoxy) is 1. The van der Waals surface area contributed by atoms with Crippen molar-refractivity contribution in [3.63, 3.8) is 0 Å². The first-order chi connectivity index (χ1) is 14.8. The molecular formula is C23H31N3O4S. The third-order valence-corrected chi connectivity index (χ3v) is 7.55. The number of carbonyl (C=O) groups is 1. The zero-order valence-corrected chi connectivity index (χ0v) is 19.2. The summed E-state index contributed by atoms with van der Waals surface area (Å²) in [6, 6.07) is 14.0. The molecule has 0 unspecified atom stereocenters. The van der Waals surface area contributed by atoms with Crippen molar-refractivity contribution in [1.29, 1.82) is 0 Å². The Morgan fingerprint density at radius 3 is 2.39 bits per heavy atom. The number of piperazine rings is 1. The molecule has 8 heteroatoms. The maximum atomic E-state index is 13.0. The van der Waals surface area contributed by atoms with Crippen LogP contribution in [0.1, 0.15) is 25.8 Å². The number of aryl methyl sites for hydroxylation is 1. The standard InChI is InChI=1S/C23H31N3O4S/c1-4-6-19-9-11-22(12-10-19)31(28,29)26-15-13-25(14-16-26)18(2)23(27)24-20-7-5-8-21(17-20)30-3/h5,7-12,17-18H,4,6,13-16H2,1-3H3,(H,24,27)/t18-/m1/s1. The molecule has 1 atom stereocenters. The van der Waals surface area contributed by atoms with Gasteiger partial charge < -0.3 is 10.1 Å². The topological polar surface area (TPSA) is 79.0 Å². The SMILES string of the molecule is CCCc1ccc(S(=O)(=O)N2CCN([C@H](C)C(=O)Nc3cccc(OC)c3)CC2)cc1. The van der Waals surface area contributed by atoms with Gasteiger partial charge in [0, 0.05) is 37.9 Å². The van der Waals surface area contributed by atoms with Gasteiger partial charge in [0.05, 0.1) is 18.0 Å². The van der Waals surface area contributed by atoms with Crippen LogP contribution in [-0.4, -0.2) is 62.9 Å². The molecule has 0 saturated carbocycles. The Hall–Kier alpha value is -2.42. The van der Waals surface area contributed by atoms with Gasteiger partial charge in [0.25, 0.3) is 0 Å². The number of sulfonamides is 1. The largest absolute Gasteiger partial charge is 0.497 e. The van der Waals surface area contributed by atoms with Crippen LogP contribution in [0.5, 0.6) is 5.75 Å². The van der Waals surface area contributed by atoms with Gasteiger partial charge in [-0.2, -0.15) is 4.31 Å². The third kappa shape index (κ3) is 5.64. The summed E-state index contributed by atoms with van der Waals surface area (Å²) in [5, 5.41) is 2.90. The number of rotatable bonds is 8. The highest BCUT2D eigenvalue weighted by molar-refractivity contribution is 7.89. The van der Waals surface area contributed by atoms with E-state index in [0.29, 0.717) is 42.5 Å². The number of amides is 1. The molecule has 7 nitrogen and oxygen atoms in total. The lowest BCUT2D eigenvalue weighted by atomic mass is 10.1. The molecule has 0 aliphatic carbocycles. The monoisotopic (exact) mass is 445 g/mol. The van der Waals surface area contributed by atoms with E-state index in [4.69, 9.17) is 4.74 Å². The summed E-state index contributed by atoms with van der Waals surface area (Å²) in [5.74, 6) is 0.545. The lowest BCUT2D eigenvalue weighted by Crippen LogP contribution is -2.53. The minimum absolute atomic E-state index is 0.129.